The third-order valence-corrected chi connectivity index (χ3v) is 5.60. The van der Waals surface area contributed by atoms with Crippen molar-refractivity contribution in [1.29, 1.82) is 0 Å². The Balaban J connectivity index is 5.01. The van der Waals surface area contributed by atoms with Crippen LogP contribution in [0.25, 0.3) is 0 Å². The molecule has 0 spiro atoms. The second kappa shape index (κ2) is 4.19. The molecule has 80 valence electrons. The quantitative estimate of drug-likeness (QED) is 0.365. The van der Waals surface area contributed by atoms with Crippen molar-refractivity contribution in [2.24, 2.45) is 0 Å². The van der Waals surface area contributed by atoms with Gasteiger partial charge in [0.2, 0.25) is 0 Å². The van der Waals surface area contributed by atoms with E-state index in [0.29, 0.717) is 0 Å². The van der Waals surface area contributed by atoms with Crippen molar-refractivity contribution >= 4 is 15.2 Å². The summed E-state index contributed by atoms with van der Waals surface area (Å²) in [7, 11) is -8.22. The maximum atomic E-state index is 10.8. The third-order valence-electron chi connectivity index (χ3n) is 1.64. The maximum absolute atomic E-state index is 10.8. The molecule has 0 fully saturated rings. The van der Waals surface area contributed by atoms with Crippen LogP contribution in [0.5, 0.6) is 0 Å². The monoisotopic (exact) mass is 234 g/mol. The molecule has 0 amide bonds. The average molecular weight is 234 g/mol. The Hall–Kier alpha value is 0.260. The minimum Gasteiger partial charge on any atom is -0.320 e. The smallest absolute Gasteiger partial charge is 0.320 e. The second-order valence-corrected chi connectivity index (χ2v) is 6.55. The molecule has 0 aliphatic carbocycles. The van der Waals surface area contributed by atoms with E-state index in [1.807, 2.05) is 0 Å². The van der Waals surface area contributed by atoms with Crippen LogP contribution in [-0.2, 0) is 9.13 Å². The van der Waals surface area contributed by atoms with E-state index < -0.39 is 20.7 Å². The van der Waals surface area contributed by atoms with E-state index in [0.717, 1.165) is 0 Å². The van der Waals surface area contributed by atoms with E-state index in [2.05, 4.69) is 0 Å². The molecule has 0 rings (SSSR count). The van der Waals surface area contributed by atoms with Gasteiger partial charge in [0.25, 0.3) is 5.52 Å². The Morgan fingerprint density at radius 2 is 1.46 bits per heavy atom. The summed E-state index contributed by atoms with van der Waals surface area (Å²) in [6.07, 6.45) is 0. The molecule has 0 aliphatic rings. The molecule has 0 saturated carbocycles. The molecule has 1 atom stereocenters. The first kappa shape index (κ1) is 13.3. The van der Waals surface area contributed by atoms with Crippen LogP contribution in [0.2, 0.25) is 0 Å². The fourth-order valence-electron chi connectivity index (χ4n) is 0.953. The number of rotatable bonds is 4. The van der Waals surface area contributed by atoms with Gasteiger partial charge in [-0.25, -0.2) is 0 Å². The van der Waals surface area contributed by atoms with Gasteiger partial charge < -0.3 is 24.5 Å². The maximum Gasteiger partial charge on any atom is 0.395 e. The molecule has 0 heterocycles. The molecule has 7 nitrogen and oxygen atoms in total. The van der Waals surface area contributed by atoms with Gasteiger partial charge in [0.15, 0.2) is 0 Å². The van der Waals surface area contributed by atoms with Crippen molar-refractivity contribution in [2.45, 2.75) is 12.4 Å². The first-order chi connectivity index (χ1) is 5.60. The van der Waals surface area contributed by atoms with Crippen molar-refractivity contribution in [2.75, 3.05) is 13.6 Å². The molecule has 0 aromatic carbocycles. The highest BCUT2D eigenvalue weighted by molar-refractivity contribution is 7.70. The Morgan fingerprint density at radius 3 is 1.54 bits per heavy atom. The zero-order valence-corrected chi connectivity index (χ0v) is 9.07. The van der Waals surface area contributed by atoms with Crippen LogP contribution >= 0.6 is 15.2 Å². The lowest BCUT2D eigenvalue weighted by Gasteiger charge is -2.24. The Kier molecular flexibility index (Phi) is 4.27. The predicted molar refractivity (Wildman–Crippen MR) is 45.3 cm³/mol. The third kappa shape index (κ3) is 3.87. The van der Waals surface area contributed by atoms with E-state index in [1.54, 1.807) is 6.92 Å². The summed E-state index contributed by atoms with van der Waals surface area (Å²) in [6.45, 7) is 1.80. The molecule has 0 bridgehead atoms. The number of nitrogens with one attached hydrogen (secondary N) is 1. The summed E-state index contributed by atoms with van der Waals surface area (Å²) in [5, 5.41) is 0. The van der Waals surface area contributed by atoms with E-state index in [4.69, 9.17) is 19.6 Å². The fourth-order valence-corrected chi connectivity index (χ4v) is 4.03. The summed E-state index contributed by atoms with van der Waals surface area (Å²) in [5.74, 6) is 0. The van der Waals surface area contributed by atoms with Gasteiger partial charge in [0.1, 0.15) is 0 Å². The van der Waals surface area contributed by atoms with Gasteiger partial charge >= 0.3 is 15.2 Å². The highest BCUT2D eigenvalue weighted by Crippen LogP contribution is 2.56. The van der Waals surface area contributed by atoms with Crippen LogP contribution in [0.1, 0.15) is 6.92 Å². The summed E-state index contributed by atoms with van der Waals surface area (Å²) in [4.78, 5) is 35.0. The van der Waals surface area contributed by atoms with Crippen LogP contribution in [-0.4, -0.2) is 38.7 Å². The fraction of sp³-hybridized carbons (Fsp3) is 1.00. The molecular formula is C4H14NO6P2+. The molecule has 0 aromatic rings. The first-order valence-corrected chi connectivity index (χ1v) is 6.89. The van der Waals surface area contributed by atoms with E-state index in [9.17, 15) is 9.13 Å². The molecule has 0 radical (unpaired) electrons. The first-order valence-electron chi connectivity index (χ1n) is 3.53. The predicted octanol–water partition coefficient (Wildman–Crippen LogP) is -1.84. The zero-order valence-electron chi connectivity index (χ0n) is 7.28. The Bertz CT molecular complexity index is 233. The summed E-state index contributed by atoms with van der Waals surface area (Å²) >= 11 is 0. The van der Waals surface area contributed by atoms with Crippen molar-refractivity contribution in [3.8, 4) is 0 Å². The van der Waals surface area contributed by atoms with Gasteiger partial charge in [-0.05, 0) is 6.92 Å². The Labute approximate surface area is 75.7 Å². The topological polar surface area (TPSA) is 120 Å². The highest BCUT2D eigenvalue weighted by Gasteiger charge is 2.49. The average Bonchev–Trinajstić information content (AvgIpc) is 1.80. The van der Waals surface area contributed by atoms with Crippen LogP contribution in [0.3, 0.4) is 0 Å². The van der Waals surface area contributed by atoms with Gasteiger partial charge in [0, 0.05) is 0 Å². The van der Waals surface area contributed by atoms with Crippen molar-refractivity contribution in [3.63, 3.8) is 0 Å². The summed E-state index contributed by atoms with van der Waals surface area (Å²) < 4.78 is 21.5. The lowest BCUT2D eigenvalue weighted by Crippen LogP contribution is -3.12. The van der Waals surface area contributed by atoms with Gasteiger partial charge in [0.05, 0.1) is 13.6 Å². The van der Waals surface area contributed by atoms with Crippen LogP contribution < -0.4 is 4.90 Å². The summed E-state index contributed by atoms with van der Waals surface area (Å²) in [6, 6.07) is 0. The van der Waals surface area contributed by atoms with Crippen LogP contribution in [0, 0.1) is 0 Å². The molecule has 0 saturated heterocycles. The molecule has 5 N–H and O–H groups in total. The van der Waals surface area contributed by atoms with Gasteiger partial charge in [-0.2, -0.15) is 0 Å². The van der Waals surface area contributed by atoms with E-state index in [-0.39, 0.29) is 11.4 Å². The standard InChI is InChI=1S/C4H13NO6P2/c1-3-5(2)4(12(6,7)8)13(9,10)11/h4H,3H2,1-2H3,(H2,6,7,8)(H2,9,10,11)/p+1. The SMILES string of the molecule is CC[NH+](C)C(P(=O)(O)O)P(=O)(O)O. The lowest BCUT2D eigenvalue weighted by molar-refractivity contribution is -0.878. The van der Waals surface area contributed by atoms with Gasteiger partial charge in [-0.1, -0.05) is 0 Å². The number of hydrogen-bond donors (Lipinski definition) is 5. The largest absolute Gasteiger partial charge is 0.395 e. The van der Waals surface area contributed by atoms with Crippen LogP contribution in [0.4, 0.5) is 0 Å². The lowest BCUT2D eigenvalue weighted by atomic mass is 10.7. The normalized spacial score (nSPS) is 16.2. The molecular weight excluding hydrogens is 220 g/mol. The molecule has 0 aliphatic heterocycles. The van der Waals surface area contributed by atoms with E-state index in [1.165, 1.54) is 7.05 Å². The molecule has 9 heteroatoms. The minimum absolute atomic E-state index is 0.113. The van der Waals surface area contributed by atoms with Crippen LogP contribution in [0.15, 0.2) is 0 Å². The minimum atomic E-state index is -4.77. The second-order valence-electron chi connectivity index (χ2n) is 2.75. The van der Waals surface area contributed by atoms with Crippen molar-refractivity contribution in [1.82, 2.24) is 0 Å². The number of quaternary nitrogens is 1. The molecule has 0 aromatic heterocycles. The zero-order chi connectivity index (χ0) is 10.9. The van der Waals surface area contributed by atoms with E-state index >= 15 is 0 Å². The van der Waals surface area contributed by atoms with Gasteiger partial charge in [-0.15, -0.1) is 0 Å². The van der Waals surface area contributed by atoms with Crippen molar-refractivity contribution in [3.05, 3.63) is 0 Å². The number of hydrogen-bond acceptors (Lipinski definition) is 2. The highest BCUT2D eigenvalue weighted by atomic mass is 31.2. The Morgan fingerprint density at radius 1 is 1.15 bits per heavy atom. The summed E-state index contributed by atoms with van der Waals surface area (Å²) in [5.41, 5.74) is -1.95. The van der Waals surface area contributed by atoms with Gasteiger partial charge in [-0.3, -0.25) is 9.13 Å². The molecule has 13 heavy (non-hydrogen) atoms. The van der Waals surface area contributed by atoms with Crippen molar-refractivity contribution < 1.29 is 33.6 Å². The molecule has 1 unspecified atom stereocenters.